The maximum absolute atomic E-state index is 11.1. The summed E-state index contributed by atoms with van der Waals surface area (Å²) >= 11 is 0. The van der Waals surface area contributed by atoms with E-state index >= 15 is 0 Å². The normalized spacial score (nSPS) is 15.1. The Morgan fingerprint density at radius 2 is 2.14 bits per heavy atom. The van der Waals surface area contributed by atoms with Crippen molar-refractivity contribution in [3.63, 3.8) is 0 Å². The highest BCUT2D eigenvalue weighted by Gasteiger charge is 2.16. The molecule has 0 unspecified atom stereocenters. The smallest absolute Gasteiger partial charge is 0.321 e. The minimum Gasteiger partial charge on any atom is -0.481 e. The number of rotatable bonds is 2. The molecule has 0 bridgehead atoms. The number of aromatic nitrogens is 4. The van der Waals surface area contributed by atoms with Gasteiger partial charge in [0, 0.05) is 13.3 Å². The van der Waals surface area contributed by atoms with Crippen LogP contribution in [0.3, 0.4) is 0 Å². The topological polar surface area (TPSA) is 116 Å². The minimum atomic E-state index is -0.278. The molecule has 0 aliphatic carbocycles. The molecule has 1 N–H and O–H groups in total. The molecule has 1 aliphatic rings. The van der Waals surface area contributed by atoms with Crippen LogP contribution in [0.25, 0.3) is 0 Å². The summed E-state index contributed by atoms with van der Waals surface area (Å²) in [7, 11) is 2.97. The summed E-state index contributed by atoms with van der Waals surface area (Å²) in [5.41, 5.74) is 0. The molecule has 0 atom stereocenters. The quantitative estimate of drug-likeness (QED) is 0.830. The first-order chi connectivity index (χ1) is 10.1. The molecule has 2 heterocycles. The van der Waals surface area contributed by atoms with Crippen LogP contribution in [0.4, 0.5) is 5.95 Å². The van der Waals surface area contributed by atoms with E-state index in [0.29, 0.717) is 24.6 Å². The highest BCUT2D eigenvalue weighted by Crippen LogP contribution is 2.11. The Labute approximate surface area is 120 Å². The van der Waals surface area contributed by atoms with Crippen LogP contribution in [0, 0.1) is 0 Å². The SMILES string of the molecule is COC1=CCCC(n2nnnc2NC(C)=O)=NC(OC)=N1. The van der Waals surface area contributed by atoms with Crippen LogP contribution in [-0.4, -0.2) is 52.2 Å². The Bertz CT molecular complexity index is 617. The standard InChI is InChI=1S/C11H15N7O3/c1-7(19)12-10-15-16-17-18(10)8-5-4-6-9(20-2)14-11(13-8)21-3/h6H,4-5H2,1-3H3,(H,12,15,17,19). The Morgan fingerprint density at radius 1 is 1.33 bits per heavy atom. The number of amides is 1. The number of allylic oxidation sites excluding steroid dienone is 1. The molecule has 1 aromatic heterocycles. The average molecular weight is 293 g/mol. The number of methoxy groups -OCH3 is 2. The second-order valence-corrected chi connectivity index (χ2v) is 4.01. The lowest BCUT2D eigenvalue weighted by atomic mass is 10.2. The van der Waals surface area contributed by atoms with Gasteiger partial charge in [-0.2, -0.15) is 14.7 Å². The summed E-state index contributed by atoms with van der Waals surface area (Å²) in [5.74, 6) is 0.831. The van der Waals surface area contributed by atoms with Gasteiger partial charge >= 0.3 is 6.02 Å². The fourth-order valence-corrected chi connectivity index (χ4v) is 1.63. The Kier molecular flexibility index (Phi) is 4.59. The second kappa shape index (κ2) is 6.59. The molecule has 0 fully saturated rings. The van der Waals surface area contributed by atoms with Crippen molar-refractivity contribution in [2.24, 2.45) is 9.98 Å². The van der Waals surface area contributed by atoms with E-state index in [0.717, 1.165) is 0 Å². The lowest BCUT2D eigenvalue weighted by molar-refractivity contribution is -0.114. The van der Waals surface area contributed by atoms with Crippen molar-refractivity contribution in [2.45, 2.75) is 19.8 Å². The maximum atomic E-state index is 11.1. The van der Waals surface area contributed by atoms with Gasteiger partial charge in [0.2, 0.25) is 11.8 Å². The first kappa shape index (κ1) is 14.6. The lowest BCUT2D eigenvalue weighted by Gasteiger charge is -2.11. The number of nitrogens with one attached hydrogen (secondary N) is 1. The third-order valence-corrected chi connectivity index (χ3v) is 2.51. The number of amidine groups is 1. The summed E-state index contributed by atoms with van der Waals surface area (Å²) in [4.78, 5) is 19.5. The summed E-state index contributed by atoms with van der Waals surface area (Å²) < 4.78 is 11.5. The molecule has 10 nitrogen and oxygen atoms in total. The fraction of sp³-hybridized carbons (Fsp3) is 0.455. The van der Waals surface area contributed by atoms with Gasteiger partial charge in [-0.15, -0.1) is 0 Å². The zero-order chi connectivity index (χ0) is 15.2. The minimum absolute atomic E-state index is 0.113. The van der Waals surface area contributed by atoms with Crippen LogP contribution in [0.1, 0.15) is 19.8 Å². The van der Waals surface area contributed by atoms with Crippen molar-refractivity contribution < 1.29 is 14.3 Å². The molecule has 0 aromatic carbocycles. The van der Waals surface area contributed by atoms with E-state index < -0.39 is 0 Å². The van der Waals surface area contributed by atoms with E-state index in [4.69, 9.17) is 9.47 Å². The predicted octanol–water partition coefficient (Wildman–Crippen LogP) is 0.162. The molecule has 0 radical (unpaired) electrons. The molecule has 21 heavy (non-hydrogen) atoms. The summed E-state index contributed by atoms with van der Waals surface area (Å²) in [6.45, 7) is 1.37. The Morgan fingerprint density at radius 3 is 2.81 bits per heavy atom. The van der Waals surface area contributed by atoms with Gasteiger partial charge in [-0.05, 0) is 22.9 Å². The Hall–Kier alpha value is -2.78. The number of carbonyl (C=O) groups is 1. The van der Waals surface area contributed by atoms with E-state index in [-0.39, 0.29) is 17.9 Å². The summed E-state index contributed by atoms with van der Waals surface area (Å²) in [6, 6.07) is 0.113. The number of aliphatic imine (C=N–C) groups is 2. The summed E-state index contributed by atoms with van der Waals surface area (Å²) in [6.07, 6.45) is 2.95. The monoisotopic (exact) mass is 293 g/mol. The van der Waals surface area contributed by atoms with Crippen LogP contribution >= 0.6 is 0 Å². The molecule has 0 spiro atoms. The van der Waals surface area contributed by atoms with Crippen LogP contribution in [0.2, 0.25) is 0 Å². The van der Waals surface area contributed by atoms with Crippen LogP contribution in [0.5, 0.6) is 0 Å². The van der Waals surface area contributed by atoms with Crippen molar-refractivity contribution >= 4 is 23.7 Å². The molecule has 2 rings (SSSR count). The number of anilines is 1. The number of nitrogens with zero attached hydrogens (tertiary/aromatic N) is 6. The van der Waals surface area contributed by atoms with E-state index in [9.17, 15) is 4.79 Å². The lowest BCUT2D eigenvalue weighted by Crippen LogP contribution is -2.21. The van der Waals surface area contributed by atoms with Crippen LogP contribution in [-0.2, 0) is 14.3 Å². The van der Waals surface area contributed by atoms with E-state index in [1.54, 1.807) is 6.08 Å². The zero-order valence-corrected chi connectivity index (χ0v) is 11.9. The third-order valence-electron chi connectivity index (χ3n) is 2.51. The number of tetrazole rings is 1. The largest absolute Gasteiger partial charge is 0.481 e. The molecule has 0 saturated carbocycles. The molecular formula is C11H15N7O3. The molecule has 112 valence electrons. The van der Waals surface area contributed by atoms with Gasteiger partial charge < -0.3 is 9.47 Å². The number of carbonyl (C=O) groups excluding carboxylic acids is 1. The fourth-order valence-electron chi connectivity index (χ4n) is 1.63. The number of hydrogen-bond acceptors (Lipinski definition) is 8. The number of hydrogen-bond donors (Lipinski definition) is 1. The summed E-state index contributed by atoms with van der Waals surface area (Å²) in [5, 5.41) is 13.6. The molecule has 1 amide bonds. The van der Waals surface area contributed by atoms with Crippen molar-refractivity contribution in [1.82, 2.24) is 20.2 Å². The predicted molar refractivity (Wildman–Crippen MR) is 73.7 cm³/mol. The van der Waals surface area contributed by atoms with Crippen molar-refractivity contribution in [3.05, 3.63) is 12.0 Å². The average Bonchev–Trinajstić information content (AvgIpc) is 2.86. The van der Waals surface area contributed by atoms with E-state index in [1.165, 1.54) is 25.8 Å². The third kappa shape index (κ3) is 3.61. The van der Waals surface area contributed by atoms with Crippen LogP contribution in [0.15, 0.2) is 21.9 Å². The van der Waals surface area contributed by atoms with Gasteiger partial charge in [-0.3, -0.25) is 10.1 Å². The van der Waals surface area contributed by atoms with E-state index in [1.807, 2.05) is 0 Å². The van der Waals surface area contributed by atoms with Crippen molar-refractivity contribution in [2.75, 3.05) is 19.5 Å². The highest BCUT2D eigenvalue weighted by molar-refractivity contribution is 5.97. The van der Waals surface area contributed by atoms with Crippen molar-refractivity contribution in [3.8, 4) is 0 Å². The van der Waals surface area contributed by atoms with Gasteiger partial charge in [-0.25, -0.2) is 0 Å². The Balaban J connectivity index is 2.36. The van der Waals surface area contributed by atoms with Crippen LogP contribution < -0.4 is 5.32 Å². The van der Waals surface area contributed by atoms with E-state index in [2.05, 4.69) is 30.8 Å². The van der Waals surface area contributed by atoms with Gasteiger partial charge in [0.25, 0.3) is 5.95 Å². The first-order valence-electron chi connectivity index (χ1n) is 6.14. The first-order valence-corrected chi connectivity index (χ1v) is 6.14. The zero-order valence-electron chi connectivity index (χ0n) is 11.9. The highest BCUT2D eigenvalue weighted by atomic mass is 16.5. The molecule has 1 aliphatic heterocycles. The van der Waals surface area contributed by atoms with Gasteiger partial charge in [0.05, 0.1) is 14.2 Å². The van der Waals surface area contributed by atoms with Gasteiger partial charge in [0.15, 0.2) is 0 Å². The molecule has 1 aromatic rings. The maximum Gasteiger partial charge on any atom is 0.321 e. The number of ether oxygens (including phenoxy) is 2. The van der Waals surface area contributed by atoms with Crippen molar-refractivity contribution in [1.29, 1.82) is 0 Å². The molecular weight excluding hydrogens is 278 g/mol. The van der Waals surface area contributed by atoms with Gasteiger partial charge in [-0.1, -0.05) is 5.10 Å². The van der Waals surface area contributed by atoms with Gasteiger partial charge in [0.1, 0.15) is 5.84 Å². The molecule has 0 saturated heterocycles. The molecule has 10 heteroatoms. The second-order valence-electron chi connectivity index (χ2n) is 4.01.